The van der Waals surface area contributed by atoms with Crippen LogP contribution in [-0.4, -0.2) is 24.1 Å². The number of amides is 1. The van der Waals surface area contributed by atoms with Gasteiger partial charge in [-0.2, -0.15) is 5.10 Å². The van der Waals surface area contributed by atoms with E-state index in [0.29, 0.717) is 5.56 Å². The number of sulfonamides is 1. The van der Waals surface area contributed by atoms with Gasteiger partial charge < -0.3 is 5.32 Å². The Morgan fingerprint density at radius 2 is 1.81 bits per heavy atom. The largest absolute Gasteiger partial charge is 0.345 e. The Morgan fingerprint density at radius 3 is 2.42 bits per heavy atom. The molecule has 0 aliphatic heterocycles. The molecular weight excluding hydrogens is 352 g/mol. The number of carbonyl (C=O) groups excluding carboxylic acids is 1. The molecule has 1 heterocycles. The van der Waals surface area contributed by atoms with Gasteiger partial charge in [0.2, 0.25) is 10.0 Å². The molecule has 0 bridgehead atoms. The van der Waals surface area contributed by atoms with E-state index in [1.54, 1.807) is 10.9 Å². The fourth-order valence-corrected chi connectivity index (χ4v) is 3.14. The van der Waals surface area contributed by atoms with Crippen molar-refractivity contribution < 1.29 is 13.2 Å². The number of nitrogens with zero attached hydrogens (tertiary/aromatic N) is 2. The van der Waals surface area contributed by atoms with E-state index in [0.717, 1.165) is 11.3 Å². The summed E-state index contributed by atoms with van der Waals surface area (Å²) in [5, 5.41) is 12.2. The summed E-state index contributed by atoms with van der Waals surface area (Å²) in [7, 11) is -3.78. The second kappa shape index (κ2) is 7.11. The molecule has 0 aliphatic rings. The van der Waals surface area contributed by atoms with Crippen LogP contribution in [0.1, 0.15) is 28.9 Å². The van der Waals surface area contributed by atoms with Gasteiger partial charge in [0, 0.05) is 18.0 Å². The van der Waals surface area contributed by atoms with Gasteiger partial charge in [0.25, 0.3) is 5.91 Å². The summed E-state index contributed by atoms with van der Waals surface area (Å²) >= 11 is 0. The number of nitrogens with one attached hydrogen (secondary N) is 1. The first-order valence-electron chi connectivity index (χ1n) is 7.89. The number of aromatic nitrogens is 2. The molecule has 1 amide bonds. The van der Waals surface area contributed by atoms with Crippen molar-refractivity contribution in [2.45, 2.75) is 17.9 Å². The van der Waals surface area contributed by atoms with E-state index >= 15 is 0 Å². The zero-order valence-electron chi connectivity index (χ0n) is 14.0. The summed E-state index contributed by atoms with van der Waals surface area (Å²) in [5.41, 5.74) is 2.13. The molecule has 3 rings (SSSR count). The van der Waals surface area contributed by atoms with Gasteiger partial charge in [-0.25, -0.2) is 18.2 Å². The normalized spacial score (nSPS) is 12.5. The van der Waals surface area contributed by atoms with Gasteiger partial charge in [0.05, 0.1) is 16.6 Å². The van der Waals surface area contributed by atoms with Crippen LogP contribution in [0.15, 0.2) is 71.9 Å². The molecule has 1 unspecified atom stereocenters. The van der Waals surface area contributed by atoms with E-state index in [2.05, 4.69) is 10.4 Å². The molecule has 1 aromatic heterocycles. The van der Waals surface area contributed by atoms with Crippen molar-refractivity contribution in [3.05, 3.63) is 78.1 Å². The summed E-state index contributed by atoms with van der Waals surface area (Å²) < 4.78 is 24.3. The molecule has 1 atom stereocenters. The van der Waals surface area contributed by atoms with Crippen LogP contribution in [-0.2, 0) is 10.0 Å². The number of rotatable bonds is 5. The highest BCUT2D eigenvalue weighted by Gasteiger charge is 2.16. The summed E-state index contributed by atoms with van der Waals surface area (Å²) in [5.74, 6) is -0.311. The zero-order chi connectivity index (χ0) is 18.7. The lowest BCUT2D eigenvalue weighted by Crippen LogP contribution is -2.27. The SMILES string of the molecule is CC(NC(=O)c1ccc(S(N)(=O)=O)cc1)c1ccccc1-n1cccn1. The first kappa shape index (κ1) is 17.8. The lowest BCUT2D eigenvalue weighted by molar-refractivity contribution is 0.0940. The molecule has 0 saturated carbocycles. The minimum Gasteiger partial charge on any atom is -0.345 e. The number of hydrogen-bond acceptors (Lipinski definition) is 4. The second-order valence-corrected chi connectivity index (χ2v) is 7.34. The van der Waals surface area contributed by atoms with Crippen molar-refractivity contribution in [3.8, 4) is 5.69 Å². The second-order valence-electron chi connectivity index (χ2n) is 5.77. The number of primary sulfonamides is 1. The minimum absolute atomic E-state index is 0.0360. The van der Waals surface area contributed by atoms with Gasteiger partial charge in [-0.1, -0.05) is 18.2 Å². The highest BCUT2D eigenvalue weighted by Crippen LogP contribution is 2.21. The average Bonchev–Trinajstić information content (AvgIpc) is 3.15. The predicted molar refractivity (Wildman–Crippen MR) is 97.3 cm³/mol. The lowest BCUT2D eigenvalue weighted by Gasteiger charge is -2.18. The molecule has 2 aromatic carbocycles. The quantitative estimate of drug-likeness (QED) is 0.716. The van der Waals surface area contributed by atoms with Crippen molar-refractivity contribution in [1.82, 2.24) is 15.1 Å². The third-order valence-electron chi connectivity index (χ3n) is 3.95. The van der Waals surface area contributed by atoms with Gasteiger partial charge >= 0.3 is 0 Å². The fraction of sp³-hybridized carbons (Fsp3) is 0.111. The van der Waals surface area contributed by atoms with Crippen LogP contribution in [0.2, 0.25) is 0 Å². The van der Waals surface area contributed by atoms with Gasteiger partial charge in [-0.05, 0) is 48.9 Å². The summed E-state index contributed by atoms with van der Waals surface area (Å²) in [6.07, 6.45) is 3.52. The number of benzene rings is 2. The summed E-state index contributed by atoms with van der Waals surface area (Å²) in [4.78, 5) is 12.4. The molecule has 0 fully saturated rings. The van der Waals surface area contributed by atoms with E-state index in [9.17, 15) is 13.2 Å². The molecule has 8 heteroatoms. The maximum absolute atomic E-state index is 12.5. The standard InChI is InChI=1S/C18H18N4O3S/c1-13(16-5-2-3-6-17(16)22-12-4-11-20-22)21-18(23)14-7-9-15(10-8-14)26(19,24)25/h2-13H,1H3,(H,21,23)(H2,19,24,25). The molecule has 0 saturated heterocycles. The first-order valence-corrected chi connectivity index (χ1v) is 9.43. The number of nitrogens with two attached hydrogens (primary N) is 1. The fourth-order valence-electron chi connectivity index (χ4n) is 2.63. The molecule has 0 spiro atoms. The maximum Gasteiger partial charge on any atom is 0.251 e. The number of carbonyl (C=O) groups is 1. The maximum atomic E-state index is 12.5. The Kier molecular flexibility index (Phi) is 4.88. The zero-order valence-corrected chi connectivity index (χ0v) is 14.8. The highest BCUT2D eigenvalue weighted by molar-refractivity contribution is 7.89. The van der Waals surface area contributed by atoms with Crippen molar-refractivity contribution >= 4 is 15.9 Å². The van der Waals surface area contributed by atoms with Crippen LogP contribution in [0.3, 0.4) is 0 Å². The topological polar surface area (TPSA) is 107 Å². The van der Waals surface area contributed by atoms with E-state index in [4.69, 9.17) is 5.14 Å². The Balaban J connectivity index is 1.80. The van der Waals surface area contributed by atoms with Gasteiger partial charge in [0.1, 0.15) is 0 Å². The van der Waals surface area contributed by atoms with Crippen LogP contribution < -0.4 is 10.5 Å². The van der Waals surface area contributed by atoms with E-state index < -0.39 is 10.0 Å². The Labute approximate surface area is 151 Å². The van der Waals surface area contributed by atoms with Crippen LogP contribution in [0.25, 0.3) is 5.69 Å². The third kappa shape index (κ3) is 3.81. The number of hydrogen-bond donors (Lipinski definition) is 2. The van der Waals surface area contributed by atoms with Crippen molar-refractivity contribution in [1.29, 1.82) is 0 Å². The average molecular weight is 370 g/mol. The summed E-state index contributed by atoms with van der Waals surface area (Å²) in [6.45, 7) is 1.87. The van der Waals surface area contributed by atoms with E-state index in [1.807, 2.05) is 43.5 Å². The summed E-state index contributed by atoms with van der Waals surface area (Å²) in [6, 6.07) is 14.7. The van der Waals surface area contributed by atoms with Gasteiger partial charge in [0.15, 0.2) is 0 Å². The van der Waals surface area contributed by atoms with Crippen LogP contribution in [0.4, 0.5) is 0 Å². The highest BCUT2D eigenvalue weighted by atomic mass is 32.2. The Hall–Kier alpha value is -2.97. The molecule has 26 heavy (non-hydrogen) atoms. The predicted octanol–water partition coefficient (Wildman–Crippen LogP) is 2.01. The smallest absolute Gasteiger partial charge is 0.251 e. The van der Waals surface area contributed by atoms with Crippen molar-refractivity contribution in [2.24, 2.45) is 5.14 Å². The third-order valence-corrected chi connectivity index (χ3v) is 4.88. The van der Waals surface area contributed by atoms with Crippen molar-refractivity contribution in [2.75, 3.05) is 0 Å². The molecular formula is C18H18N4O3S. The lowest BCUT2D eigenvalue weighted by atomic mass is 10.1. The van der Waals surface area contributed by atoms with Crippen LogP contribution in [0, 0.1) is 0 Å². The first-order chi connectivity index (χ1) is 12.4. The van der Waals surface area contributed by atoms with Crippen LogP contribution in [0.5, 0.6) is 0 Å². The molecule has 0 aliphatic carbocycles. The number of para-hydroxylation sites is 1. The molecule has 3 N–H and O–H groups in total. The molecule has 7 nitrogen and oxygen atoms in total. The van der Waals surface area contributed by atoms with Gasteiger partial charge in [-0.3, -0.25) is 4.79 Å². The minimum atomic E-state index is -3.78. The van der Waals surface area contributed by atoms with Crippen LogP contribution >= 0.6 is 0 Å². The Morgan fingerprint density at radius 1 is 1.12 bits per heavy atom. The monoisotopic (exact) mass is 370 g/mol. The van der Waals surface area contributed by atoms with Crippen molar-refractivity contribution in [3.63, 3.8) is 0 Å². The molecule has 3 aromatic rings. The molecule has 134 valence electrons. The Bertz CT molecular complexity index is 1010. The van der Waals surface area contributed by atoms with Gasteiger partial charge in [-0.15, -0.1) is 0 Å². The van der Waals surface area contributed by atoms with E-state index in [-0.39, 0.29) is 16.8 Å². The molecule has 0 radical (unpaired) electrons. The van der Waals surface area contributed by atoms with E-state index in [1.165, 1.54) is 24.3 Å².